The molecule has 1 aromatic carbocycles. The third kappa shape index (κ3) is 6.64. The number of likely N-dealkylation sites (tertiary alicyclic amines) is 1. The van der Waals surface area contributed by atoms with Crippen LogP contribution < -0.4 is 10.6 Å². The molecule has 156 valence electrons. The van der Waals surface area contributed by atoms with E-state index >= 15 is 0 Å². The molecular formula is C22H35IN4O. The number of benzene rings is 1. The van der Waals surface area contributed by atoms with Crippen molar-refractivity contribution in [1.82, 2.24) is 15.5 Å². The lowest BCUT2D eigenvalue weighted by atomic mass is 9.87. The van der Waals surface area contributed by atoms with E-state index in [1.165, 1.54) is 36.8 Å². The number of hydrogen-bond acceptors (Lipinski definition) is 2. The molecule has 0 aromatic heterocycles. The molecule has 5 nitrogen and oxygen atoms in total. The van der Waals surface area contributed by atoms with Crippen molar-refractivity contribution in [3.8, 4) is 0 Å². The van der Waals surface area contributed by atoms with E-state index in [9.17, 15) is 4.79 Å². The number of amides is 1. The monoisotopic (exact) mass is 498 g/mol. The molecule has 6 heteroatoms. The maximum atomic E-state index is 12.0. The summed E-state index contributed by atoms with van der Waals surface area (Å²) in [6.45, 7) is 7.52. The van der Waals surface area contributed by atoms with Crippen LogP contribution >= 0.6 is 24.0 Å². The molecule has 28 heavy (non-hydrogen) atoms. The summed E-state index contributed by atoms with van der Waals surface area (Å²) in [6.07, 6.45) is 6.70. The van der Waals surface area contributed by atoms with Crippen LogP contribution in [0.15, 0.2) is 29.3 Å². The van der Waals surface area contributed by atoms with E-state index in [2.05, 4.69) is 48.7 Å². The molecule has 0 radical (unpaired) electrons. The number of rotatable bonds is 6. The largest absolute Gasteiger partial charge is 0.357 e. The van der Waals surface area contributed by atoms with Gasteiger partial charge in [0.2, 0.25) is 5.91 Å². The van der Waals surface area contributed by atoms with E-state index in [1.807, 2.05) is 4.90 Å². The van der Waals surface area contributed by atoms with E-state index < -0.39 is 0 Å². The minimum Gasteiger partial charge on any atom is -0.357 e. The Kier molecular flexibility index (Phi) is 9.55. The van der Waals surface area contributed by atoms with Gasteiger partial charge in [-0.15, -0.1) is 24.0 Å². The Balaban J connectivity index is 0.00000280. The average Bonchev–Trinajstić information content (AvgIpc) is 3.07. The lowest BCUT2D eigenvalue weighted by Gasteiger charge is -2.28. The summed E-state index contributed by atoms with van der Waals surface area (Å²) in [5.41, 5.74) is 2.41. The van der Waals surface area contributed by atoms with Gasteiger partial charge in [-0.1, -0.05) is 31.2 Å². The standard InChI is InChI=1S/C22H34N4O.HI/c1-3-23-22(25-20-12-10-17(2)11-13-20)24-15-18-7-4-5-8-19(18)16-26-14-6-9-21(26)27;/h4-5,7-8,17,20H,3,6,9-16H2,1-2H3,(H2,23,24,25);1H. The zero-order chi connectivity index (χ0) is 19.1. The first-order valence-corrected chi connectivity index (χ1v) is 10.5. The third-order valence-corrected chi connectivity index (χ3v) is 5.76. The number of nitrogens with zero attached hydrogens (tertiary/aromatic N) is 2. The molecule has 1 aliphatic carbocycles. The number of nitrogens with one attached hydrogen (secondary N) is 2. The Hall–Kier alpha value is -1.31. The summed E-state index contributed by atoms with van der Waals surface area (Å²) < 4.78 is 0. The summed E-state index contributed by atoms with van der Waals surface area (Å²) in [5, 5.41) is 7.01. The maximum Gasteiger partial charge on any atom is 0.222 e. The molecule has 1 heterocycles. The highest BCUT2D eigenvalue weighted by Gasteiger charge is 2.21. The predicted octanol–water partition coefficient (Wildman–Crippen LogP) is 4.06. The average molecular weight is 498 g/mol. The molecule has 0 spiro atoms. The molecule has 2 fully saturated rings. The Morgan fingerprint density at radius 3 is 2.54 bits per heavy atom. The SMILES string of the molecule is CCNC(=NCc1ccccc1CN1CCCC1=O)NC1CCC(C)CC1.I. The van der Waals surface area contributed by atoms with E-state index in [0.717, 1.165) is 31.4 Å². The van der Waals surface area contributed by atoms with Gasteiger partial charge in [-0.25, -0.2) is 4.99 Å². The maximum absolute atomic E-state index is 12.0. The first-order chi connectivity index (χ1) is 13.2. The van der Waals surface area contributed by atoms with Gasteiger partial charge >= 0.3 is 0 Å². The van der Waals surface area contributed by atoms with Gasteiger partial charge in [0.05, 0.1) is 6.54 Å². The van der Waals surface area contributed by atoms with Crippen molar-refractivity contribution in [3.63, 3.8) is 0 Å². The van der Waals surface area contributed by atoms with Crippen LogP contribution in [-0.4, -0.2) is 35.9 Å². The highest BCUT2D eigenvalue weighted by atomic mass is 127. The lowest BCUT2D eigenvalue weighted by Crippen LogP contribution is -2.44. The normalized spacial score (nSPS) is 22.7. The van der Waals surface area contributed by atoms with E-state index in [0.29, 0.717) is 25.6 Å². The summed E-state index contributed by atoms with van der Waals surface area (Å²) in [4.78, 5) is 18.8. The van der Waals surface area contributed by atoms with Gasteiger partial charge in [-0.05, 0) is 56.1 Å². The fourth-order valence-electron chi connectivity index (χ4n) is 4.02. The second kappa shape index (κ2) is 11.6. The molecule has 1 saturated heterocycles. The molecule has 3 rings (SSSR count). The zero-order valence-electron chi connectivity index (χ0n) is 17.2. The smallest absolute Gasteiger partial charge is 0.222 e. The van der Waals surface area contributed by atoms with Crippen LogP contribution in [0, 0.1) is 5.92 Å². The summed E-state index contributed by atoms with van der Waals surface area (Å²) in [7, 11) is 0. The topological polar surface area (TPSA) is 56.7 Å². The highest BCUT2D eigenvalue weighted by Crippen LogP contribution is 2.23. The van der Waals surface area contributed by atoms with Gasteiger partial charge in [0.1, 0.15) is 0 Å². The molecule has 1 aromatic rings. The van der Waals surface area contributed by atoms with Crippen molar-refractivity contribution in [2.45, 2.75) is 71.5 Å². The van der Waals surface area contributed by atoms with E-state index in [4.69, 9.17) is 4.99 Å². The van der Waals surface area contributed by atoms with Crippen LogP contribution in [0.5, 0.6) is 0 Å². The fourth-order valence-corrected chi connectivity index (χ4v) is 4.02. The van der Waals surface area contributed by atoms with E-state index in [-0.39, 0.29) is 29.9 Å². The Bertz CT molecular complexity index is 656. The van der Waals surface area contributed by atoms with Crippen molar-refractivity contribution in [2.75, 3.05) is 13.1 Å². The zero-order valence-corrected chi connectivity index (χ0v) is 19.6. The molecule has 2 aliphatic rings. The van der Waals surface area contributed by atoms with Crippen molar-refractivity contribution in [3.05, 3.63) is 35.4 Å². The van der Waals surface area contributed by atoms with Gasteiger partial charge in [0.15, 0.2) is 5.96 Å². The second-order valence-corrected chi connectivity index (χ2v) is 7.98. The number of halogens is 1. The predicted molar refractivity (Wildman–Crippen MR) is 126 cm³/mol. The molecule has 0 atom stereocenters. The molecule has 1 saturated carbocycles. The van der Waals surface area contributed by atoms with Crippen LogP contribution in [0.25, 0.3) is 0 Å². The molecule has 0 bridgehead atoms. The van der Waals surface area contributed by atoms with Crippen molar-refractivity contribution < 1.29 is 4.79 Å². The highest BCUT2D eigenvalue weighted by molar-refractivity contribution is 14.0. The second-order valence-electron chi connectivity index (χ2n) is 7.98. The van der Waals surface area contributed by atoms with Crippen molar-refractivity contribution in [1.29, 1.82) is 0 Å². The van der Waals surface area contributed by atoms with Crippen LogP contribution in [0.1, 0.15) is 63.5 Å². The lowest BCUT2D eigenvalue weighted by molar-refractivity contribution is -0.128. The van der Waals surface area contributed by atoms with Gasteiger partial charge in [-0.2, -0.15) is 0 Å². The fraction of sp³-hybridized carbons (Fsp3) is 0.636. The molecule has 0 unspecified atom stereocenters. The first kappa shape index (κ1) is 23.0. The summed E-state index contributed by atoms with van der Waals surface area (Å²) in [5.74, 6) is 2.03. The number of carbonyl (C=O) groups is 1. The number of aliphatic imine (C=N–C) groups is 1. The number of guanidine groups is 1. The Labute approximate surface area is 186 Å². The molecular weight excluding hydrogens is 463 g/mol. The summed E-state index contributed by atoms with van der Waals surface area (Å²) in [6, 6.07) is 8.89. The molecule has 1 aliphatic heterocycles. The first-order valence-electron chi connectivity index (χ1n) is 10.5. The number of carbonyl (C=O) groups excluding carboxylic acids is 1. The van der Waals surface area contributed by atoms with Crippen LogP contribution in [0.3, 0.4) is 0 Å². The van der Waals surface area contributed by atoms with Crippen LogP contribution in [-0.2, 0) is 17.9 Å². The minimum absolute atomic E-state index is 0. The third-order valence-electron chi connectivity index (χ3n) is 5.76. The molecule has 2 N–H and O–H groups in total. The van der Waals surface area contributed by atoms with E-state index in [1.54, 1.807) is 0 Å². The Morgan fingerprint density at radius 1 is 1.18 bits per heavy atom. The van der Waals surface area contributed by atoms with Gasteiger partial charge in [-0.3, -0.25) is 4.79 Å². The molecule has 1 amide bonds. The van der Waals surface area contributed by atoms with Crippen LogP contribution in [0.2, 0.25) is 0 Å². The van der Waals surface area contributed by atoms with Crippen molar-refractivity contribution >= 4 is 35.8 Å². The van der Waals surface area contributed by atoms with Crippen LogP contribution in [0.4, 0.5) is 0 Å². The number of hydrogen-bond donors (Lipinski definition) is 2. The Morgan fingerprint density at radius 2 is 1.89 bits per heavy atom. The van der Waals surface area contributed by atoms with Crippen molar-refractivity contribution in [2.24, 2.45) is 10.9 Å². The quantitative estimate of drug-likeness (QED) is 0.354. The summed E-state index contributed by atoms with van der Waals surface area (Å²) >= 11 is 0. The minimum atomic E-state index is 0. The van der Waals surface area contributed by atoms with Gasteiger partial charge in [0.25, 0.3) is 0 Å². The van der Waals surface area contributed by atoms with Gasteiger partial charge < -0.3 is 15.5 Å². The van der Waals surface area contributed by atoms with Gasteiger partial charge in [0, 0.05) is 32.1 Å².